The third-order valence-electron chi connectivity index (χ3n) is 7.37. The Labute approximate surface area is 256 Å². The number of carbonyl (C=O) groups is 2. The van der Waals surface area contributed by atoms with Crippen molar-refractivity contribution in [3.8, 4) is 0 Å². The van der Waals surface area contributed by atoms with Gasteiger partial charge in [0, 0.05) is 48.7 Å². The van der Waals surface area contributed by atoms with Crippen molar-refractivity contribution in [2.45, 2.75) is 37.3 Å². The smallest absolute Gasteiger partial charge is 0.244 e. The first-order valence-electron chi connectivity index (χ1n) is 14.3. The molecule has 1 aliphatic heterocycles. The quantitative estimate of drug-likeness (QED) is 0.104. The maximum Gasteiger partial charge on any atom is 0.244 e. The zero-order valence-corrected chi connectivity index (χ0v) is 25.2. The van der Waals surface area contributed by atoms with Crippen LogP contribution in [-0.4, -0.2) is 60.9 Å². The van der Waals surface area contributed by atoms with Crippen LogP contribution in [0.1, 0.15) is 41.9 Å². The highest BCUT2D eigenvalue weighted by molar-refractivity contribution is 9.10. The number of nitrogens with one attached hydrogen (secondary N) is 2. The fourth-order valence-corrected chi connectivity index (χ4v) is 5.42. The second-order valence-corrected chi connectivity index (χ2v) is 11.4. The van der Waals surface area contributed by atoms with E-state index in [1.54, 1.807) is 6.08 Å². The van der Waals surface area contributed by atoms with Crippen LogP contribution in [0.15, 0.2) is 100 Å². The first-order valence-corrected chi connectivity index (χ1v) is 15.1. The van der Waals surface area contributed by atoms with Gasteiger partial charge in [0.25, 0.3) is 0 Å². The molecule has 0 aliphatic carbocycles. The number of amides is 2. The molecule has 1 fully saturated rings. The third-order valence-corrected chi connectivity index (χ3v) is 7.89. The van der Waals surface area contributed by atoms with Crippen LogP contribution in [0.3, 0.4) is 0 Å². The summed E-state index contributed by atoms with van der Waals surface area (Å²) in [4.78, 5) is 32.6. The fraction of sp³-hybridized carbons (Fsp3) is 0.303. The van der Waals surface area contributed by atoms with Gasteiger partial charge in [-0.3, -0.25) is 14.6 Å². The Morgan fingerprint density at radius 3 is 2.29 bits per heavy atom. The molecule has 0 aromatic heterocycles. The van der Waals surface area contributed by atoms with Crippen LogP contribution in [0.25, 0.3) is 6.08 Å². The summed E-state index contributed by atoms with van der Waals surface area (Å²) < 4.78 is 0.985. The van der Waals surface area contributed by atoms with Crippen molar-refractivity contribution in [3.63, 3.8) is 0 Å². The Morgan fingerprint density at radius 2 is 1.67 bits per heavy atom. The number of aliphatic imine (C=N–C) groups is 1. The third kappa shape index (κ3) is 9.56. The summed E-state index contributed by atoms with van der Waals surface area (Å²) in [7, 11) is 0. The summed E-state index contributed by atoms with van der Waals surface area (Å²) in [6.07, 6.45) is 5.28. The SMILES string of the molecule is NC(N)=NCCCC1N[C@H](CNC(=O)/C=C/c2ccc(Br)cc2)CCN(CC(c2ccccc2)c2ccccc2)C1=O. The predicted octanol–water partition coefficient (Wildman–Crippen LogP) is 4.02. The molecule has 0 spiro atoms. The first-order chi connectivity index (χ1) is 20.4. The van der Waals surface area contributed by atoms with Crippen molar-refractivity contribution >= 4 is 39.8 Å². The zero-order valence-electron chi connectivity index (χ0n) is 23.7. The second-order valence-electron chi connectivity index (χ2n) is 10.4. The van der Waals surface area contributed by atoms with Crippen molar-refractivity contribution in [2.24, 2.45) is 16.5 Å². The Morgan fingerprint density at radius 1 is 1.02 bits per heavy atom. The predicted molar refractivity (Wildman–Crippen MR) is 173 cm³/mol. The fourth-order valence-electron chi connectivity index (χ4n) is 5.16. The molecule has 8 nitrogen and oxygen atoms in total. The molecule has 1 heterocycles. The molecular formula is C33H39BrN6O2. The lowest BCUT2D eigenvalue weighted by molar-refractivity contribution is -0.133. The molecule has 4 rings (SSSR count). The van der Waals surface area contributed by atoms with Crippen molar-refractivity contribution in [2.75, 3.05) is 26.2 Å². The largest absolute Gasteiger partial charge is 0.370 e. The van der Waals surface area contributed by atoms with Crippen LogP contribution in [0.4, 0.5) is 0 Å². The van der Waals surface area contributed by atoms with Crippen LogP contribution in [0, 0.1) is 0 Å². The number of benzene rings is 3. The van der Waals surface area contributed by atoms with Crippen molar-refractivity contribution in [1.82, 2.24) is 15.5 Å². The van der Waals surface area contributed by atoms with E-state index >= 15 is 0 Å². The van der Waals surface area contributed by atoms with E-state index in [9.17, 15) is 9.59 Å². The van der Waals surface area contributed by atoms with Gasteiger partial charge in [-0.05, 0) is 54.2 Å². The number of rotatable bonds is 12. The number of hydrogen-bond donors (Lipinski definition) is 4. The van der Waals surface area contributed by atoms with Gasteiger partial charge in [-0.15, -0.1) is 0 Å². The lowest BCUT2D eigenvalue weighted by Crippen LogP contribution is -2.49. The van der Waals surface area contributed by atoms with Crippen molar-refractivity contribution in [3.05, 3.63) is 112 Å². The molecule has 42 heavy (non-hydrogen) atoms. The average molecular weight is 632 g/mol. The highest BCUT2D eigenvalue weighted by Gasteiger charge is 2.32. The van der Waals surface area contributed by atoms with E-state index in [0.717, 1.165) is 10.0 Å². The minimum absolute atomic E-state index is 0.0404. The Balaban J connectivity index is 1.46. The summed E-state index contributed by atoms with van der Waals surface area (Å²) in [6.45, 7) is 2.01. The molecule has 220 valence electrons. The highest BCUT2D eigenvalue weighted by atomic mass is 79.9. The highest BCUT2D eigenvalue weighted by Crippen LogP contribution is 2.27. The van der Waals surface area contributed by atoms with Gasteiger partial charge in [0.2, 0.25) is 11.8 Å². The molecule has 1 saturated heterocycles. The molecule has 6 N–H and O–H groups in total. The average Bonchev–Trinajstić information content (AvgIpc) is 3.15. The van der Waals surface area contributed by atoms with Gasteiger partial charge in [0.1, 0.15) is 0 Å². The van der Waals surface area contributed by atoms with E-state index in [0.29, 0.717) is 45.4 Å². The maximum atomic E-state index is 13.9. The normalized spacial score (nSPS) is 17.3. The lowest BCUT2D eigenvalue weighted by Gasteiger charge is -2.29. The monoisotopic (exact) mass is 630 g/mol. The van der Waals surface area contributed by atoms with Gasteiger partial charge < -0.3 is 27.0 Å². The van der Waals surface area contributed by atoms with E-state index < -0.39 is 6.04 Å². The van der Waals surface area contributed by atoms with Gasteiger partial charge in [-0.1, -0.05) is 88.7 Å². The van der Waals surface area contributed by atoms with Crippen LogP contribution in [-0.2, 0) is 9.59 Å². The Kier molecular flexibility index (Phi) is 11.7. The molecule has 9 heteroatoms. The Bertz CT molecular complexity index is 1300. The summed E-state index contributed by atoms with van der Waals surface area (Å²) in [5, 5.41) is 6.53. The van der Waals surface area contributed by atoms with E-state index in [2.05, 4.69) is 55.8 Å². The molecule has 1 aliphatic rings. The summed E-state index contributed by atoms with van der Waals surface area (Å²) in [5.74, 6) is -0.0361. The van der Waals surface area contributed by atoms with Crippen LogP contribution < -0.4 is 22.1 Å². The minimum atomic E-state index is -0.408. The number of carbonyl (C=O) groups excluding carboxylic acids is 2. The van der Waals surface area contributed by atoms with Crippen LogP contribution >= 0.6 is 15.9 Å². The van der Waals surface area contributed by atoms with Gasteiger partial charge >= 0.3 is 0 Å². The summed E-state index contributed by atoms with van der Waals surface area (Å²) >= 11 is 3.42. The molecule has 2 atom stereocenters. The van der Waals surface area contributed by atoms with E-state index in [1.165, 1.54) is 17.2 Å². The number of guanidine groups is 1. The van der Waals surface area contributed by atoms with E-state index in [4.69, 9.17) is 11.5 Å². The number of nitrogens with zero attached hydrogens (tertiary/aromatic N) is 2. The Hall–Kier alpha value is -3.95. The molecule has 1 unspecified atom stereocenters. The van der Waals surface area contributed by atoms with Gasteiger partial charge in [0.15, 0.2) is 5.96 Å². The maximum absolute atomic E-state index is 13.9. The van der Waals surface area contributed by atoms with Gasteiger partial charge in [0.05, 0.1) is 6.04 Å². The molecular weight excluding hydrogens is 592 g/mol. The zero-order chi connectivity index (χ0) is 29.7. The van der Waals surface area contributed by atoms with Crippen molar-refractivity contribution < 1.29 is 9.59 Å². The standard InChI is InChI=1S/C33H39BrN6O2/c34-27-16-13-24(14-17-27)15-18-31(41)38-22-28-19-21-40(32(42)30(39-28)12-7-20-37-33(35)36)23-29(25-8-3-1-4-9-25)26-10-5-2-6-11-26/h1-6,8-11,13-18,28-30,39H,7,12,19-23H2,(H,38,41)(H4,35,36,37)/b18-15+/t28-,30?/m0/s1. The van der Waals surface area contributed by atoms with E-state index in [-0.39, 0.29) is 29.7 Å². The number of hydrogen-bond acceptors (Lipinski definition) is 4. The van der Waals surface area contributed by atoms with Crippen molar-refractivity contribution in [1.29, 1.82) is 0 Å². The second kappa shape index (κ2) is 15.9. The molecule has 0 bridgehead atoms. The number of halogens is 1. The first kappa shape index (κ1) is 31.0. The van der Waals surface area contributed by atoms with Crippen LogP contribution in [0.2, 0.25) is 0 Å². The lowest BCUT2D eigenvalue weighted by atomic mass is 9.90. The molecule has 0 radical (unpaired) electrons. The minimum Gasteiger partial charge on any atom is -0.370 e. The van der Waals surface area contributed by atoms with Crippen LogP contribution in [0.5, 0.6) is 0 Å². The van der Waals surface area contributed by atoms with E-state index in [1.807, 2.05) is 65.6 Å². The number of nitrogens with two attached hydrogens (primary N) is 2. The summed E-state index contributed by atoms with van der Waals surface area (Å²) in [5.41, 5.74) is 14.3. The molecule has 2 amide bonds. The van der Waals surface area contributed by atoms with Gasteiger partial charge in [-0.25, -0.2) is 0 Å². The molecule has 3 aromatic carbocycles. The van der Waals surface area contributed by atoms with Gasteiger partial charge in [-0.2, -0.15) is 0 Å². The topological polar surface area (TPSA) is 126 Å². The molecule has 3 aromatic rings. The molecule has 0 saturated carbocycles. The summed E-state index contributed by atoms with van der Waals surface area (Å²) in [6, 6.07) is 27.9.